The second kappa shape index (κ2) is 4.71. The van der Waals surface area contributed by atoms with Gasteiger partial charge >= 0.3 is 0 Å². The predicted molar refractivity (Wildman–Crippen MR) is 75.5 cm³/mol. The summed E-state index contributed by atoms with van der Waals surface area (Å²) < 4.78 is 0. The van der Waals surface area contributed by atoms with Crippen molar-refractivity contribution in [1.82, 2.24) is 9.88 Å². The molecule has 1 aliphatic rings. The molecule has 0 radical (unpaired) electrons. The van der Waals surface area contributed by atoms with E-state index < -0.39 is 0 Å². The van der Waals surface area contributed by atoms with Crippen LogP contribution >= 0.6 is 11.3 Å². The summed E-state index contributed by atoms with van der Waals surface area (Å²) in [6.07, 6.45) is 1.05. The van der Waals surface area contributed by atoms with Gasteiger partial charge in [-0.3, -0.25) is 4.90 Å². The molecular formula is C14H17N3S. The molecule has 0 spiro atoms. The zero-order valence-corrected chi connectivity index (χ0v) is 11.3. The van der Waals surface area contributed by atoms with E-state index in [1.165, 1.54) is 16.1 Å². The van der Waals surface area contributed by atoms with E-state index in [4.69, 9.17) is 5.73 Å². The Kier molecular flexibility index (Phi) is 3.06. The Labute approximate surface area is 111 Å². The Balaban J connectivity index is 1.75. The van der Waals surface area contributed by atoms with Crippen LogP contribution in [0.2, 0.25) is 0 Å². The Morgan fingerprint density at radius 1 is 1.44 bits per heavy atom. The van der Waals surface area contributed by atoms with Gasteiger partial charge in [0.05, 0.1) is 6.54 Å². The maximum Gasteiger partial charge on any atom is 0.107 e. The third-order valence-corrected chi connectivity index (χ3v) is 4.36. The van der Waals surface area contributed by atoms with Gasteiger partial charge in [-0.15, -0.1) is 11.3 Å². The van der Waals surface area contributed by atoms with Crippen LogP contribution < -0.4 is 5.73 Å². The van der Waals surface area contributed by atoms with Crippen molar-refractivity contribution in [3.05, 3.63) is 45.4 Å². The van der Waals surface area contributed by atoms with Gasteiger partial charge in [-0.1, -0.05) is 12.1 Å². The van der Waals surface area contributed by atoms with Gasteiger partial charge in [-0.05, 0) is 30.5 Å². The van der Waals surface area contributed by atoms with Crippen molar-refractivity contribution in [2.45, 2.75) is 26.4 Å². The smallest absolute Gasteiger partial charge is 0.107 e. The lowest BCUT2D eigenvalue weighted by Crippen LogP contribution is -2.30. The number of hydrogen-bond donors (Lipinski definition) is 1. The third kappa shape index (κ3) is 2.26. The summed E-state index contributed by atoms with van der Waals surface area (Å²) >= 11 is 1.75. The number of nitrogens with two attached hydrogens (primary N) is 1. The highest BCUT2D eigenvalue weighted by atomic mass is 32.1. The normalized spacial score (nSPS) is 15.6. The van der Waals surface area contributed by atoms with Gasteiger partial charge in [0.2, 0.25) is 0 Å². The number of anilines is 1. The Bertz CT molecular complexity index is 562. The first-order chi connectivity index (χ1) is 8.72. The fraction of sp³-hybridized carbons (Fsp3) is 0.357. The minimum absolute atomic E-state index is 0.942. The zero-order valence-electron chi connectivity index (χ0n) is 10.5. The Morgan fingerprint density at radius 3 is 3.11 bits per heavy atom. The molecule has 2 aromatic rings. The van der Waals surface area contributed by atoms with Gasteiger partial charge in [-0.2, -0.15) is 0 Å². The van der Waals surface area contributed by atoms with Gasteiger partial charge in [0.25, 0.3) is 0 Å². The molecule has 3 nitrogen and oxygen atoms in total. The molecule has 18 heavy (non-hydrogen) atoms. The van der Waals surface area contributed by atoms with Crippen LogP contribution in [0.4, 0.5) is 5.69 Å². The summed E-state index contributed by atoms with van der Waals surface area (Å²) in [4.78, 5) is 6.97. The topological polar surface area (TPSA) is 42.1 Å². The molecule has 0 aliphatic carbocycles. The molecule has 94 valence electrons. The molecule has 1 aliphatic heterocycles. The molecule has 2 N–H and O–H groups in total. The maximum atomic E-state index is 6.01. The molecule has 0 bridgehead atoms. The number of nitrogens with zero attached hydrogens (tertiary/aromatic N) is 2. The molecule has 1 aromatic carbocycles. The monoisotopic (exact) mass is 259 g/mol. The molecule has 0 saturated heterocycles. The molecule has 0 amide bonds. The van der Waals surface area contributed by atoms with Crippen LogP contribution in [0.15, 0.2) is 23.6 Å². The van der Waals surface area contributed by atoms with Crippen molar-refractivity contribution in [2.24, 2.45) is 0 Å². The van der Waals surface area contributed by atoms with Crippen LogP contribution in [-0.2, 0) is 19.5 Å². The van der Waals surface area contributed by atoms with E-state index in [0.29, 0.717) is 0 Å². The summed E-state index contributed by atoms with van der Waals surface area (Å²) in [7, 11) is 0. The second-order valence-electron chi connectivity index (χ2n) is 4.83. The van der Waals surface area contributed by atoms with Gasteiger partial charge in [0.15, 0.2) is 0 Å². The van der Waals surface area contributed by atoms with E-state index in [0.717, 1.165) is 37.4 Å². The molecule has 0 unspecified atom stereocenters. The minimum Gasteiger partial charge on any atom is -0.398 e. The van der Waals surface area contributed by atoms with Gasteiger partial charge in [0, 0.05) is 29.9 Å². The van der Waals surface area contributed by atoms with E-state index in [9.17, 15) is 0 Å². The highest BCUT2D eigenvalue weighted by molar-refractivity contribution is 7.09. The molecule has 1 aromatic heterocycles. The Morgan fingerprint density at radius 2 is 2.33 bits per heavy atom. The van der Waals surface area contributed by atoms with Crippen LogP contribution in [0.3, 0.4) is 0 Å². The van der Waals surface area contributed by atoms with Crippen molar-refractivity contribution < 1.29 is 0 Å². The van der Waals surface area contributed by atoms with E-state index in [1.54, 1.807) is 11.3 Å². The van der Waals surface area contributed by atoms with E-state index >= 15 is 0 Å². The number of nitrogen functional groups attached to an aromatic ring is 1. The fourth-order valence-electron chi connectivity index (χ4n) is 2.50. The zero-order chi connectivity index (χ0) is 12.5. The lowest BCUT2D eigenvalue weighted by molar-refractivity contribution is 0.245. The minimum atomic E-state index is 0.942. The lowest BCUT2D eigenvalue weighted by atomic mass is 9.98. The molecule has 0 atom stereocenters. The average Bonchev–Trinajstić information content (AvgIpc) is 2.75. The number of fused-ring (bicyclic) bond motifs is 1. The van der Waals surface area contributed by atoms with Crippen molar-refractivity contribution in [1.29, 1.82) is 0 Å². The van der Waals surface area contributed by atoms with E-state index in [2.05, 4.69) is 21.3 Å². The first-order valence-electron chi connectivity index (χ1n) is 6.22. The molecular weight excluding hydrogens is 242 g/mol. The third-order valence-electron chi connectivity index (χ3n) is 3.41. The molecule has 2 heterocycles. The number of aryl methyl sites for hydroxylation is 1. The SMILES string of the molecule is Cc1csc(CN2CCc3c(N)cccc3C2)n1. The molecule has 4 heteroatoms. The lowest BCUT2D eigenvalue weighted by Gasteiger charge is -2.28. The van der Waals surface area contributed by atoms with E-state index in [1.807, 2.05) is 19.1 Å². The highest BCUT2D eigenvalue weighted by Crippen LogP contribution is 2.25. The number of hydrogen-bond acceptors (Lipinski definition) is 4. The highest BCUT2D eigenvalue weighted by Gasteiger charge is 2.18. The molecule has 0 fully saturated rings. The summed E-state index contributed by atoms with van der Waals surface area (Å²) in [6.45, 7) is 5.05. The summed E-state index contributed by atoms with van der Waals surface area (Å²) in [5.41, 5.74) is 10.8. The fourth-order valence-corrected chi connectivity index (χ4v) is 3.31. The van der Waals surface area contributed by atoms with Crippen molar-refractivity contribution in [2.75, 3.05) is 12.3 Å². The maximum absolute atomic E-state index is 6.01. The van der Waals surface area contributed by atoms with Crippen molar-refractivity contribution in [3.8, 4) is 0 Å². The molecule has 3 rings (SSSR count). The van der Waals surface area contributed by atoms with Crippen LogP contribution in [-0.4, -0.2) is 16.4 Å². The standard InChI is InChI=1S/C14H17N3S/c1-10-9-18-14(16-10)8-17-6-5-12-11(7-17)3-2-4-13(12)15/h2-4,9H,5-8,15H2,1H3. The van der Waals surface area contributed by atoms with Crippen LogP contribution in [0.1, 0.15) is 21.8 Å². The Hall–Kier alpha value is -1.39. The summed E-state index contributed by atoms with van der Waals surface area (Å²) in [5.74, 6) is 0. The first-order valence-corrected chi connectivity index (χ1v) is 7.10. The van der Waals surface area contributed by atoms with Crippen LogP contribution in [0.25, 0.3) is 0 Å². The number of aromatic nitrogens is 1. The predicted octanol–water partition coefficient (Wildman–Crippen LogP) is 2.59. The van der Waals surface area contributed by atoms with Gasteiger partial charge < -0.3 is 5.73 Å². The van der Waals surface area contributed by atoms with E-state index in [-0.39, 0.29) is 0 Å². The largest absolute Gasteiger partial charge is 0.398 e. The quantitative estimate of drug-likeness (QED) is 0.843. The summed E-state index contributed by atoms with van der Waals surface area (Å²) in [6, 6.07) is 6.23. The summed E-state index contributed by atoms with van der Waals surface area (Å²) in [5, 5.41) is 3.32. The van der Waals surface area contributed by atoms with Crippen LogP contribution in [0.5, 0.6) is 0 Å². The average molecular weight is 259 g/mol. The van der Waals surface area contributed by atoms with Crippen molar-refractivity contribution in [3.63, 3.8) is 0 Å². The van der Waals surface area contributed by atoms with Crippen molar-refractivity contribution >= 4 is 17.0 Å². The van der Waals surface area contributed by atoms with Gasteiger partial charge in [-0.25, -0.2) is 4.98 Å². The number of benzene rings is 1. The second-order valence-corrected chi connectivity index (χ2v) is 5.77. The first kappa shape index (κ1) is 11.7. The number of thiazole rings is 1. The van der Waals surface area contributed by atoms with Crippen LogP contribution in [0, 0.1) is 6.92 Å². The van der Waals surface area contributed by atoms with Gasteiger partial charge in [0.1, 0.15) is 5.01 Å². The molecule has 0 saturated carbocycles. The number of rotatable bonds is 2.